The fourth-order valence-electron chi connectivity index (χ4n) is 7.39. The lowest BCUT2D eigenvalue weighted by Crippen LogP contribution is -2.15. The Hall–Kier alpha value is -4.31. The van der Waals surface area contributed by atoms with E-state index in [1.165, 1.54) is 81.2 Å². The van der Waals surface area contributed by atoms with Gasteiger partial charge in [-0.25, -0.2) is 0 Å². The molecule has 4 aromatic carbocycles. The molecule has 1 nitrogen and oxygen atoms in total. The maximum atomic E-state index is 3.37. The van der Waals surface area contributed by atoms with Crippen LogP contribution in [0.25, 0.3) is 56.3 Å². The highest BCUT2D eigenvalue weighted by Crippen LogP contribution is 2.53. The second-order valence-corrected chi connectivity index (χ2v) is 15.2. The first kappa shape index (κ1) is 28.0. The van der Waals surface area contributed by atoms with Crippen molar-refractivity contribution >= 4 is 74.6 Å². The maximum absolute atomic E-state index is 3.37. The summed E-state index contributed by atoms with van der Waals surface area (Å²) in [6, 6.07) is 22.9. The lowest BCUT2D eigenvalue weighted by molar-refractivity contribution is 1.14. The second-order valence-electron chi connectivity index (χ2n) is 12.7. The van der Waals surface area contributed by atoms with Crippen LogP contribution >= 0.6 is 23.1 Å². The molecule has 0 radical (unpaired) electrons. The third kappa shape index (κ3) is 5.03. The minimum atomic E-state index is 0.830. The van der Waals surface area contributed by atoms with Gasteiger partial charge in [-0.2, -0.15) is 0 Å². The molecule has 2 heterocycles. The van der Waals surface area contributed by atoms with Gasteiger partial charge in [0.1, 0.15) is 0 Å². The summed E-state index contributed by atoms with van der Waals surface area (Å²) in [5.74, 6) is 0.830. The number of allylic oxidation sites excluding steroid dienone is 8. The van der Waals surface area contributed by atoms with Crippen LogP contribution < -0.4 is 10.5 Å². The molecule has 0 saturated heterocycles. The zero-order valence-electron chi connectivity index (χ0n) is 25.9. The Labute approximate surface area is 279 Å². The van der Waals surface area contributed by atoms with Gasteiger partial charge in [0.05, 0.1) is 0 Å². The number of rotatable bonds is 7. The Morgan fingerprint density at radius 3 is 2.80 bits per heavy atom. The quantitative estimate of drug-likeness (QED) is 0.192. The zero-order chi connectivity index (χ0) is 30.6. The van der Waals surface area contributed by atoms with Gasteiger partial charge in [-0.1, -0.05) is 97.2 Å². The maximum Gasteiger partial charge on any atom is 0.0411 e. The summed E-state index contributed by atoms with van der Waals surface area (Å²) < 4.78 is 0. The van der Waals surface area contributed by atoms with E-state index in [2.05, 4.69) is 133 Å². The van der Waals surface area contributed by atoms with Crippen molar-refractivity contribution in [1.82, 2.24) is 0 Å². The van der Waals surface area contributed by atoms with Crippen molar-refractivity contribution in [1.29, 1.82) is 0 Å². The van der Waals surface area contributed by atoms with Crippen LogP contribution in [0.1, 0.15) is 40.0 Å². The van der Waals surface area contributed by atoms with Crippen LogP contribution in [-0.4, -0.2) is 12.3 Å². The minimum absolute atomic E-state index is 0.830. The van der Waals surface area contributed by atoms with Crippen molar-refractivity contribution in [2.45, 2.75) is 30.9 Å². The van der Waals surface area contributed by atoms with Crippen LogP contribution in [0.5, 0.6) is 0 Å². The molecule has 2 atom stereocenters. The molecule has 1 aliphatic heterocycles. The van der Waals surface area contributed by atoms with Gasteiger partial charge in [-0.05, 0) is 116 Å². The Morgan fingerprint density at radius 1 is 0.935 bits per heavy atom. The summed E-state index contributed by atoms with van der Waals surface area (Å²) in [7, 11) is 2.00. The van der Waals surface area contributed by atoms with Crippen LogP contribution in [0.4, 0.5) is 5.69 Å². The molecule has 2 unspecified atom stereocenters. The van der Waals surface area contributed by atoms with E-state index < -0.39 is 0 Å². The Kier molecular flexibility index (Phi) is 6.98. The molecule has 9 rings (SSSR count). The smallest absolute Gasteiger partial charge is 0.0411 e. The normalized spacial score (nSPS) is 21.1. The average molecular weight is 630 g/mol. The summed E-state index contributed by atoms with van der Waals surface area (Å²) in [6.07, 6.45) is 29.7. The number of fused-ring (bicyclic) bond motifs is 4. The largest absolute Gasteiger partial charge is 0.388 e. The number of thioether (sulfide) groups is 1. The second kappa shape index (κ2) is 11.5. The molecule has 1 fully saturated rings. The molecule has 3 heteroatoms. The number of thiophene rings is 1. The molecule has 4 aliphatic rings. The Morgan fingerprint density at radius 2 is 1.89 bits per heavy atom. The van der Waals surface area contributed by atoms with E-state index in [1.54, 1.807) is 0 Å². The van der Waals surface area contributed by atoms with Gasteiger partial charge in [0.15, 0.2) is 0 Å². The molecule has 2 bridgehead atoms. The molecule has 3 aliphatic carbocycles. The van der Waals surface area contributed by atoms with E-state index in [1.807, 2.05) is 30.1 Å². The number of hydrogen-bond donors (Lipinski definition) is 1. The number of nitrogens with one attached hydrogen (secondary N) is 1. The summed E-state index contributed by atoms with van der Waals surface area (Å²) in [6.45, 7) is 0. The molecule has 1 saturated carbocycles. The molecule has 224 valence electrons. The van der Waals surface area contributed by atoms with Crippen molar-refractivity contribution in [3.05, 3.63) is 146 Å². The van der Waals surface area contributed by atoms with Crippen molar-refractivity contribution in [3.63, 3.8) is 0 Å². The minimum Gasteiger partial charge on any atom is -0.388 e. The average Bonchev–Trinajstić information content (AvgIpc) is 3.51. The first-order chi connectivity index (χ1) is 22.7. The van der Waals surface area contributed by atoms with Crippen molar-refractivity contribution in [2.24, 2.45) is 5.92 Å². The predicted octanol–water partition coefficient (Wildman–Crippen LogP) is 11.0. The summed E-state index contributed by atoms with van der Waals surface area (Å²) >= 11 is 3.95. The van der Waals surface area contributed by atoms with Gasteiger partial charge < -0.3 is 5.32 Å². The van der Waals surface area contributed by atoms with E-state index in [-0.39, 0.29) is 0 Å². The molecule has 5 aromatic rings. The Balaban J connectivity index is 1.02. The predicted molar refractivity (Wildman–Crippen MR) is 204 cm³/mol. The van der Waals surface area contributed by atoms with Crippen molar-refractivity contribution < 1.29 is 0 Å². The summed E-state index contributed by atoms with van der Waals surface area (Å²) in [5, 5.41) is 11.1. The summed E-state index contributed by atoms with van der Waals surface area (Å²) in [5.41, 5.74) is 9.19. The first-order valence-electron chi connectivity index (χ1n) is 16.4. The highest BCUT2D eigenvalue weighted by atomic mass is 32.2. The molecule has 46 heavy (non-hydrogen) atoms. The van der Waals surface area contributed by atoms with Gasteiger partial charge >= 0.3 is 0 Å². The summed E-state index contributed by atoms with van der Waals surface area (Å²) in [4.78, 5) is 4.14. The topological polar surface area (TPSA) is 12.0 Å². The standard InChI is InChI=1S/C43H35NS2/c1-44-40-21-16-28(15-17-32-25-30-26-42(30)46-32)23-29(40)9-5-10-31-18-22-41(45-31)35-19-20-38-34-12-4-8-27-7-2-3-11-33(39(34)24-27)36-13-6-14-37(35)43(36)38/h2,4-9,11-23,25,30,42,44H,3,10,24,26H2,1H3/b7-2-,9-5-,17-15+,33-11-. The van der Waals surface area contributed by atoms with Crippen LogP contribution in [0.3, 0.4) is 0 Å². The molecule has 0 spiro atoms. The lowest BCUT2D eigenvalue weighted by Gasteiger charge is -2.18. The Bertz CT molecular complexity index is 2290. The fourth-order valence-corrected chi connectivity index (χ4v) is 9.73. The third-order valence-corrected chi connectivity index (χ3v) is 12.3. The highest BCUT2D eigenvalue weighted by molar-refractivity contribution is 8.04. The van der Waals surface area contributed by atoms with Gasteiger partial charge in [0.2, 0.25) is 0 Å². The lowest BCUT2D eigenvalue weighted by atomic mass is 9.86. The van der Waals surface area contributed by atoms with E-state index in [9.17, 15) is 0 Å². The highest BCUT2D eigenvalue weighted by Gasteiger charge is 2.41. The van der Waals surface area contributed by atoms with Gasteiger partial charge in [-0.3, -0.25) is 0 Å². The van der Waals surface area contributed by atoms with Crippen LogP contribution in [0.15, 0.2) is 114 Å². The first-order valence-corrected chi connectivity index (χ1v) is 18.1. The van der Waals surface area contributed by atoms with E-state index in [4.69, 9.17) is 0 Å². The van der Waals surface area contributed by atoms with Crippen LogP contribution in [0, 0.1) is 5.92 Å². The molecular weight excluding hydrogens is 595 g/mol. The number of anilines is 1. The number of benzene rings is 4. The SMILES string of the molecule is CNc1ccc(/C=C/C2=CC3CC3S2)cc1/C=C\Cc1ccc(-c2ccc3c4c5/c(c6cccc2c36)=C\C/C=C\C(=CC=C4)C5)s1. The number of hydrogen-bond acceptors (Lipinski definition) is 3. The van der Waals surface area contributed by atoms with E-state index >= 15 is 0 Å². The molecular formula is C43H35NS2. The van der Waals surface area contributed by atoms with Gasteiger partial charge in [0, 0.05) is 39.1 Å². The van der Waals surface area contributed by atoms with Crippen molar-refractivity contribution in [2.75, 3.05) is 12.4 Å². The van der Waals surface area contributed by atoms with Gasteiger partial charge in [0.25, 0.3) is 0 Å². The van der Waals surface area contributed by atoms with E-state index in [0.29, 0.717) is 0 Å². The molecule has 1 aromatic heterocycles. The monoisotopic (exact) mass is 629 g/mol. The van der Waals surface area contributed by atoms with E-state index in [0.717, 1.165) is 36.1 Å². The van der Waals surface area contributed by atoms with Crippen molar-refractivity contribution in [3.8, 4) is 10.4 Å². The van der Waals surface area contributed by atoms with Gasteiger partial charge in [-0.15, -0.1) is 23.1 Å². The molecule has 0 amide bonds. The fraction of sp³-hybridized carbons (Fsp3) is 0.163. The zero-order valence-corrected chi connectivity index (χ0v) is 27.6. The van der Waals surface area contributed by atoms with Crippen LogP contribution in [-0.2, 0) is 12.8 Å². The third-order valence-electron chi connectivity index (χ3n) is 9.79. The molecule has 1 N–H and O–H groups in total. The van der Waals surface area contributed by atoms with Crippen LogP contribution in [0.2, 0.25) is 0 Å².